The molecule has 174 valence electrons. The molecule has 1 saturated carbocycles. The molecule has 0 aromatic heterocycles. The maximum atomic E-state index is 12.3. The molecule has 0 saturated heterocycles. The number of aliphatic hydroxyl groups is 1. The fraction of sp³-hybridized carbons (Fsp3) is 0.370. The van der Waals surface area contributed by atoms with E-state index in [9.17, 15) is 19.5 Å². The molecule has 6 heteroatoms. The van der Waals surface area contributed by atoms with Crippen molar-refractivity contribution >= 4 is 29.0 Å². The van der Waals surface area contributed by atoms with E-state index in [0.717, 1.165) is 18.9 Å². The molecular weight excluding hydrogens is 418 g/mol. The van der Waals surface area contributed by atoms with Crippen LogP contribution in [0.25, 0.3) is 5.76 Å². The molecule has 0 radical (unpaired) electrons. The predicted molar refractivity (Wildman–Crippen MR) is 128 cm³/mol. The van der Waals surface area contributed by atoms with E-state index in [1.807, 2.05) is 12.1 Å². The van der Waals surface area contributed by atoms with Crippen molar-refractivity contribution in [1.29, 1.82) is 0 Å². The van der Waals surface area contributed by atoms with Gasteiger partial charge in [0.2, 0.25) is 11.6 Å². The lowest BCUT2D eigenvalue weighted by atomic mass is 9.75. The highest BCUT2D eigenvalue weighted by molar-refractivity contribution is 6.50. The second-order valence-corrected chi connectivity index (χ2v) is 9.13. The van der Waals surface area contributed by atoms with Gasteiger partial charge in [0, 0.05) is 22.9 Å². The first-order chi connectivity index (χ1) is 15.7. The molecule has 3 N–H and O–H groups in total. The standard InChI is InChI=1S/C17H25NO2.C10H6O3/c1-11(2)13-9-8-12(3)10-16(13)20-17(19)14-6-4-5-7-15(14)18;11-8-5-9(12)10(13)7-4-2-1-3-6(7)8/h4-7,11-13,16H,8-10,18H2,1-3H3;1-5,11H/t12-,13+,16-;/m1./s1. The van der Waals surface area contributed by atoms with Gasteiger partial charge in [0.1, 0.15) is 11.9 Å². The summed E-state index contributed by atoms with van der Waals surface area (Å²) in [4.78, 5) is 34.5. The first-order valence-electron chi connectivity index (χ1n) is 11.3. The van der Waals surface area contributed by atoms with Gasteiger partial charge in [-0.25, -0.2) is 4.79 Å². The number of hydrogen-bond acceptors (Lipinski definition) is 6. The highest BCUT2D eigenvalue weighted by Gasteiger charge is 2.33. The average molecular weight is 450 g/mol. The number of carbonyl (C=O) groups is 3. The lowest BCUT2D eigenvalue weighted by Crippen LogP contribution is -2.36. The van der Waals surface area contributed by atoms with Crippen molar-refractivity contribution in [3.05, 3.63) is 71.3 Å². The summed E-state index contributed by atoms with van der Waals surface area (Å²) in [5.41, 5.74) is 7.51. The molecular formula is C27H31NO5. The molecule has 2 aromatic rings. The monoisotopic (exact) mass is 449 g/mol. The van der Waals surface area contributed by atoms with Gasteiger partial charge in [-0.2, -0.15) is 0 Å². The molecule has 2 aromatic carbocycles. The molecule has 0 heterocycles. The van der Waals surface area contributed by atoms with Gasteiger partial charge in [0.05, 0.1) is 5.56 Å². The number of Topliss-reactive ketones (excluding diaryl/α,β-unsaturated/α-hetero) is 1. The van der Waals surface area contributed by atoms with Gasteiger partial charge in [0.15, 0.2) is 0 Å². The molecule has 3 atom stereocenters. The second kappa shape index (κ2) is 10.5. The number of ketones is 2. The molecule has 2 aliphatic carbocycles. The zero-order valence-corrected chi connectivity index (χ0v) is 19.3. The van der Waals surface area contributed by atoms with Crippen LogP contribution in [-0.4, -0.2) is 28.7 Å². The summed E-state index contributed by atoms with van der Waals surface area (Å²) in [6.45, 7) is 6.64. The van der Waals surface area contributed by atoms with E-state index in [0.29, 0.717) is 34.6 Å². The summed E-state index contributed by atoms with van der Waals surface area (Å²) in [7, 11) is 0. The number of anilines is 1. The number of benzene rings is 2. The van der Waals surface area contributed by atoms with Gasteiger partial charge in [-0.1, -0.05) is 63.6 Å². The third-order valence-corrected chi connectivity index (χ3v) is 6.34. The Kier molecular flexibility index (Phi) is 7.69. The topological polar surface area (TPSA) is 107 Å². The minimum absolute atomic E-state index is 0.0193. The minimum Gasteiger partial charge on any atom is -0.507 e. The van der Waals surface area contributed by atoms with Crippen LogP contribution in [0, 0.1) is 17.8 Å². The number of fused-ring (bicyclic) bond motifs is 1. The largest absolute Gasteiger partial charge is 0.507 e. The molecule has 0 aliphatic heterocycles. The van der Waals surface area contributed by atoms with Crippen LogP contribution in [0.3, 0.4) is 0 Å². The van der Waals surface area contributed by atoms with Crippen LogP contribution < -0.4 is 5.73 Å². The number of nitrogens with two attached hydrogens (primary N) is 1. The SMILES string of the molecule is CC(C)[C@@H]1CC[C@@H](C)C[C@H]1OC(=O)c1ccccc1N.O=C1C=C(O)c2ccccc2C1=O. The highest BCUT2D eigenvalue weighted by atomic mass is 16.5. The summed E-state index contributed by atoms with van der Waals surface area (Å²) < 4.78 is 5.78. The number of allylic oxidation sites excluding steroid dienone is 1. The fourth-order valence-electron chi connectivity index (χ4n) is 4.44. The summed E-state index contributed by atoms with van der Waals surface area (Å²) in [6, 6.07) is 13.6. The highest BCUT2D eigenvalue weighted by Crippen LogP contribution is 2.36. The Morgan fingerprint density at radius 2 is 1.67 bits per heavy atom. The van der Waals surface area contributed by atoms with Crippen LogP contribution in [0.2, 0.25) is 0 Å². The van der Waals surface area contributed by atoms with E-state index >= 15 is 0 Å². The summed E-state index contributed by atoms with van der Waals surface area (Å²) in [5.74, 6) is -0.0397. The van der Waals surface area contributed by atoms with E-state index in [1.165, 1.54) is 12.5 Å². The molecule has 0 spiro atoms. The van der Waals surface area contributed by atoms with E-state index < -0.39 is 11.6 Å². The van der Waals surface area contributed by atoms with Crippen molar-refractivity contribution in [3.8, 4) is 0 Å². The third kappa shape index (κ3) is 5.69. The van der Waals surface area contributed by atoms with Crippen LogP contribution in [0.15, 0.2) is 54.6 Å². The van der Waals surface area contributed by atoms with Crippen molar-refractivity contribution in [2.45, 2.75) is 46.1 Å². The van der Waals surface area contributed by atoms with E-state index in [-0.39, 0.29) is 23.4 Å². The second-order valence-electron chi connectivity index (χ2n) is 9.13. The third-order valence-electron chi connectivity index (χ3n) is 6.34. The quantitative estimate of drug-likeness (QED) is 0.377. The first kappa shape index (κ1) is 24.2. The molecule has 33 heavy (non-hydrogen) atoms. The minimum atomic E-state index is -0.670. The maximum Gasteiger partial charge on any atom is 0.340 e. The molecule has 1 fully saturated rings. The number of esters is 1. The summed E-state index contributed by atoms with van der Waals surface area (Å²) in [5, 5.41) is 9.34. The normalized spacial score (nSPS) is 22.1. The Morgan fingerprint density at radius 1 is 1.03 bits per heavy atom. The van der Waals surface area contributed by atoms with Crippen molar-refractivity contribution in [1.82, 2.24) is 0 Å². The first-order valence-corrected chi connectivity index (χ1v) is 11.3. The maximum absolute atomic E-state index is 12.3. The van der Waals surface area contributed by atoms with Crippen molar-refractivity contribution in [2.75, 3.05) is 5.73 Å². The summed E-state index contributed by atoms with van der Waals surface area (Å²) >= 11 is 0. The van der Waals surface area contributed by atoms with Crippen LogP contribution in [0.5, 0.6) is 0 Å². The Balaban J connectivity index is 0.000000203. The number of hydrogen-bond donors (Lipinski definition) is 2. The van der Waals surface area contributed by atoms with E-state index in [4.69, 9.17) is 10.5 Å². The number of aliphatic hydroxyl groups excluding tert-OH is 1. The van der Waals surface area contributed by atoms with E-state index in [1.54, 1.807) is 30.3 Å². The zero-order valence-electron chi connectivity index (χ0n) is 19.3. The van der Waals surface area contributed by atoms with Gasteiger partial charge in [-0.3, -0.25) is 9.59 Å². The smallest absolute Gasteiger partial charge is 0.340 e. The lowest BCUT2D eigenvalue weighted by molar-refractivity contribution is -0.111. The summed E-state index contributed by atoms with van der Waals surface area (Å²) in [6.07, 6.45) is 4.29. The number of nitrogen functional groups attached to an aromatic ring is 1. The van der Waals surface area contributed by atoms with Gasteiger partial charge < -0.3 is 15.6 Å². The van der Waals surface area contributed by atoms with E-state index in [2.05, 4.69) is 20.8 Å². The zero-order chi connectivity index (χ0) is 24.1. The van der Waals surface area contributed by atoms with Crippen molar-refractivity contribution in [2.24, 2.45) is 17.8 Å². The average Bonchev–Trinajstić information content (AvgIpc) is 2.78. The van der Waals surface area contributed by atoms with Crippen LogP contribution in [0.1, 0.15) is 66.3 Å². The van der Waals surface area contributed by atoms with Crippen LogP contribution in [0.4, 0.5) is 5.69 Å². The number of carbonyl (C=O) groups excluding carboxylic acids is 3. The van der Waals surface area contributed by atoms with Crippen molar-refractivity contribution in [3.63, 3.8) is 0 Å². The Labute approximate surface area is 194 Å². The van der Waals surface area contributed by atoms with Gasteiger partial charge in [-0.15, -0.1) is 0 Å². The van der Waals surface area contributed by atoms with Gasteiger partial charge in [-0.05, 0) is 42.7 Å². The lowest BCUT2D eigenvalue weighted by Gasteiger charge is -2.36. The molecule has 0 unspecified atom stereocenters. The van der Waals surface area contributed by atoms with Crippen molar-refractivity contribution < 1.29 is 24.2 Å². The number of para-hydroxylation sites is 1. The predicted octanol–water partition coefficient (Wildman–Crippen LogP) is 5.24. The molecule has 0 bridgehead atoms. The van der Waals surface area contributed by atoms with Crippen LogP contribution in [-0.2, 0) is 9.53 Å². The van der Waals surface area contributed by atoms with Gasteiger partial charge in [0.25, 0.3) is 0 Å². The number of rotatable bonds is 3. The Bertz CT molecular complexity index is 1070. The Hall–Kier alpha value is -3.41. The Morgan fingerprint density at radius 3 is 2.33 bits per heavy atom. The molecule has 2 aliphatic rings. The fourth-order valence-corrected chi connectivity index (χ4v) is 4.44. The van der Waals surface area contributed by atoms with Gasteiger partial charge >= 0.3 is 5.97 Å². The molecule has 4 rings (SSSR count). The number of ether oxygens (including phenoxy) is 1. The molecule has 0 amide bonds. The van der Waals surface area contributed by atoms with Crippen LogP contribution >= 0.6 is 0 Å². The molecule has 6 nitrogen and oxygen atoms in total.